The molecule has 0 aromatic heterocycles. The van der Waals surface area contributed by atoms with Crippen molar-refractivity contribution in [3.8, 4) is 0 Å². The van der Waals surface area contributed by atoms with Gasteiger partial charge >= 0.3 is 11.9 Å². The summed E-state index contributed by atoms with van der Waals surface area (Å²) >= 11 is 0. The van der Waals surface area contributed by atoms with Crippen LogP contribution < -0.4 is 10.6 Å². The largest absolute Gasteiger partial charge is 0.464 e. The van der Waals surface area contributed by atoms with Crippen LogP contribution in [0.5, 0.6) is 0 Å². The predicted octanol–water partition coefficient (Wildman–Crippen LogP) is -1.29. The Kier molecular flexibility index (Phi) is 7.10. The summed E-state index contributed by atoms with van der Waals surface area (Å²) in [5.74, 6) is -2.30. The number of carbonyl (C=O) groups is 3. The van der Waals surface area contributed by atoms with Crippen molar-refractivity contribution in [3.05, 3.63) is 0 Å². The molecule has 1 rings (SSSR count). The van der Waals surface area contributed by atoms with Gasteiger partial charge in [-0.3, -0.25) is 4.79 Å². The number of hydrogen-bond donors (Lipinski definition) is 3. The molecule has 0 radical (unpaired) electrons. The number of carbonyl (C=O) groups excluding carboxylic acids is 3. The molecule has 0 saturated carbocycles. The van der Waals surface area contributed by atoms with Crippen LogP contribution in [0.2, 0.25) is 0 Å². The molecule has 1 fully saturated rings. The molecule has 1 aliphatic rings. The van der Waals surface area contributed by atoms with Gasteiger partial charge in [0.25, 0.3) is 0 Å². The molecule has 0 unspecified atom stereocenters. The Morgan fingerprint density at radius 3 is 2.38 bits per heavy atom. The first-order valence-electron chi connectivity index (χ1n) is 7.06. The maximum atomic E-state index is 12.0. The number of nitrogens with one attached hydrogen (secondary N) is 2. The Hall–Kier alpha value is -1.67. The average molecular weight is 302 g/mol. The molecular weight excluding hydrogens is 280 g/mol. The first-order valence-corrected chi connectivity index (χ1v) is 7.06. The molecule has 1 amide bonds. The quantitative estimate of drug-likeness (QED) is 0.501. The van der Waals surface area contributed by atoms with Gasteiger partial charge in [-0.15, -0.1) is 0 Å². The van der Waals surface area contributed by atoms with E-state index in [-0.39, 0.29) is 13.2 Å². The third kappa shape index (κ3) is 4.98. The summed E-state index contributed by atoms with van der Waals surface area (Å²) in [6.45, 7) is 4.01. The highest BCUT2D eigenvalue weighted by Gasteiger charge is 2.37. The first kappa shape index (κ1) is 17.4. The van der Waals surface area contributed by atoms with Crippen LogP contribution in [-0.2, 0) is 23.9 Å². The van der Waals surface area contributed by atoms with E-state index < -0.39 is 36.0 Å². The summed E-state index contributed by atoms with van der Waals surface area (Å²) in [5.41, 5.74) is 0. The molecule has 0 spiro atoms. The predicted molar refractivity (Wildman–Crippen MR) is 72.2 cm³/mol. The lowest BCUT2D eigenvalue weighted by Gasteiger charge is -2.22. The van der Waals surface area contributed by atoms with Crippen LogP contribution in [0.3, 0.4) is 0 Å². The van der Waals surface area contributed by atoms with Gasteiger partial charge in [-0.05, 0) is 33.2 Å². The van der Waals surface area contributed by atoms with Gasteiger partial charge < -0.3 is 25.2 Å². The number of esters is 2. The van der Waals surface area contributed by atoms with Gasteiger partial charge in [0.1, 0.15) is 0 Å². The van der Waals surface area contributed by atoms with Crippen molar-refractivity contribution in [1.82, 2.24) is 10.6 Å². The molecule has 0 aromatic carbocycles. The smallest absolute Gasteiger partial charge is 0.337 e. The standard InChI is InChI=1S/C13H22N2O6/c1-3-20-12(18)9(10(16)13(19)21-4-2)15-11(17)8-6-5-7-14-8/h8-10,14,16H,3-7H2,1-2H3,(H,15,17)/t8-,9+,10+/m0/s1. The molecule has 1 aliphatic heterocycles. The lowest BCUT2D eigenvalue weighted by molar-refractivity contribution is -0.163. The minimum Gasteiger partial charge on any atom is -0.464 e. The lowest BCUT2D eigenvalue weighted by atomic mass is 10.1. The molecule has 3 atom stereocenters. The van der Waals surface area contributed by atoms with E-state index in [1.54, 1.807) is 13.8 Å². The fourth-order valence-electron chi connectivity index (χ4n) is 2.02. The van der Waals surface area contributed by atoms with Crippen molar-refractivity contribution in [2.45, 2.75) is 44.9 Å². The van der Waals surface area contributed by atoms with Crippen molar-refractivity contribution in [2.75, 3.05) is 19.8 Å². The zero-order chi connectivity index (χ0) is 15.8. The van der Waals surface area contributed by atoms with Crippen molar-refractivity contribution in [1.29, 1.82) is 0 Å². The van der Waals surface area contributed by atoms with Gasteiger partial charge in [0.15, 0.2) is 12.1 Å². The van der Waals surface area contributed by atoms with Crippen LogP contribution in [0.15, 0.2) is 0 Å². The Bertz CT molecular complexity index is 381. The number of ether oxygens (including phenoxy) is 2. The molecule has 21 heavy (non-hydrogen) atoms. The second-order valence-corrected chi connectivity index (χ2v) is 4.58. The lowest BCUT2D eigenvalue weighted by Crippen LogP contribution is -2.56. The van der Waals surface area contributed by atoms with Gasteiger partial charge in [0, 0.05) is 0 Å². The minimum absolute atomic E-state index is 0.0591. The maximum Gasteiger partial charge on any atom is 0.337 e. The van der Waals surface area contributed by atoms with E-state index in [1.807, 2.05) is 0 Å². The van der Waals surface area contributed by atoms with E-state index in [0.29, 0.717) is 13.0 Å². The molecule has 0 aliphatic carbocycles. The molecule has 0 bridgehead atoms. The summed E-state index contributed by atoms with van der Waals surface area (Å²) in [7, 11) is 0. The van der Waals surface area contributed by atoms with Gasteiger partial charge in [0.2, 0.25) is 5.91 Å². The van der Waals surface area contributed by atoms with Gasteiger partial charge in [0.05, 0.1) is 19.3 Å². The van der Waals surface area contributed by atoms with Crippen molar-refractivity contribution >= 4 is 17.8 Å². The van der Waals surface area contributed by atoms with Crippen LogP contribution >= 0.6 is 0 Å². The average Bonchev–Trinajstić information content (AvgIpc) is 2.98. The molecule has 8 nitrogen and oxygen atoms in total. The third-order valence-electron chi connectivity index (χ3n) is 3.06. The second kappa shape index (κ2) is 8.58. The molecule has 8 heteroatoms. The van der Waals surface area contributed by atoms with Crippen LogP contribution in [0.4, 0.5) is 0 Å². The van der Waals surface area contributed by atoms with E-state index in [4.69, 9.17) is 4.74 Å². The second-order valence-electron chi connectivity index (χ2n) is 4.58. The molecule has 1 heterocycles. The normalized spacial score (nSPS) is 20.4. The highest BCUT2D eigenvalue weighted by Crippen LogP contribution is 2.07. The van der Waals surface area contributed by atoms with Crippen molar-refractivity contribution in [2.24, 2.45) is 0 Å². The van der Waals surface area contributed by atoms with Crippen molar-refractivity contribution < 1.29 is 29.0 Å². The summed E-state index contributed by atoms with van der Waals surface area (Å²) < 4.78 is 9.43. The Morgan fingerprint density at radius 2 is 1.86 bits per heavy atom. The molecular formula is C13H22N2O6. The van der Waals surface area contributed by atoms with Crippen LogP contribution in [-0.4, -0.2) is 60.9 Å². The number of amides is 1. The van der Waals surface area contributed by atoms with Gasteiger partial charge in [-0.2, -0.15) is 0 Å². The fraction of sp³-hybridized carbons (Fsp3) is 0.769. The first-order chi connectivity index (χ1) is 10.0. The third-order valence-corrected chi connectivity index (χ3v) is 3.06. The SMILES string of the molecule is CCOC(=O)[C@H](O)[C@@H](NC(=O)[C@@H]1CCCN1)C(=O)OCC. The molecule has 1 saturated heterocycles. The van der Waals surface area contributed by atoms with Crippen molar-refractivity contribution in [3.63, 3.8) is 0 Å². The molecule has 0 aromatic rings. The Balaban J connectivity index is 2.73. The van der Waals surface area contributed by atoms with E-state index in [1.165, 1.54) is 0 Å². The van der Waals surface area contributed by atoms with Gasteiger partial charge in [-0.1, -0.05) is 0 Å². The van der Waals surface area contributed by atoms with E-state index in [2.05, 4.69) is 15.4 Å². The maximum absolute atomic E-state index is 12.0. The number of aliphatic hydroxyl groups excluding tert-OH is 1. The molecule has 3 N–H and O–H groups in total. The van der Waals surface area contributed by atoms with Crippen LogP contribution in [0.1, 0.15) is 26.7 Å². The topological polar surface area (TPSA) is 114 Å². The number of aliphatic hydroxyl groups is 1. The highest BCUT2D eigenvalue weighted by atomic mass is 16.6. The number of hydrogen-bond acceptors (Lipinski definition) is 7. The summed E-state index contributed by atoms with van der Waals surface area (Å²) in [6, 6.07) is -1.91. The van der Waals surface area contributed by atoms with E-state index in [9.17, 15) is 19.5 Å². The Morgan fingerprint density at radius 1 is 1.24 bits per heavy atom. The van der Waals surface area contributed by atoms with E-state index >= 15 is 0 Å². The highest BCUT2D eigenvalue weighted by molar-refractivity contribution is 5.92. The zero-order valence-electron chi connectivity index (χ0n) is 12.3. The zero-order valence-corrected chi connectivity index (χ0v) is 12.3. The summed E-state index contributed by atoms with van der Waals surface area (Å²) in [5, 5.41) is 15.2. The van der Waals surface area contributed by atoms with Crippen LogP contribution in [0.25, 0.3) is 0 Å². The summed E-state index contributed by atoms with van der Waals surface area (Å²) in [6.07, 6.45) is -0.311. The number of rotatable bonds is 7. The Labute approximate surface area is 123 Å². The fourth-order valence-corrected chi connectivity index (χ4v) is 2.02. The van der Waals surface area contributed by atoms with Gasteiger partial charge in [-0.25, -0.2) is 9.59 Å². The monoisotopic (exact) mass is 302 g/mol. The van der Waals surface area contributed by atoms with Crippen LogP contribution in [0, 0.1) is 0 Å². The van der Waals surface area contributed by atoms with E-state index in [0.717, 1.165) is 6.42 Å². The minimum atomic E-state index is -1.80. The summed E-state index contributed by atoms with van der Waals surface area (Å²) in [4.78, 5) is 35.4. The molecule has 120 valence electrons.